The molecule has 0 amide bonds. The van der Waals surface area contributed by atoms with Gasteiger partial charge in [-0.25, -0.2) is 14.4 Å². The molecule has 0 aliphatic heterocycles. The van der Waals surface area contributed by atoms with Crippen LogP contribution >= 0.6 is 11.8 Å². The van der Waals surface area contributed by atoms with Crippen molar-refractivity contribution in [1.29, 1.82) is 0 Å². The average Bonchev–Trinajstić information content (AvgIpc) is 2.40. The second kappa shape index (κ2) is 5.61. The average molecular weight is 280 g/mol. The quantitative estimate of drug-likeness (QED) is 0.527. The number of nitrogens with one attached hydrogen (secondary N) is 1. The van der Waals surface area contributed by atoms with E-state index in [0.29, 0.717) is 4.90 Å². The van der Waals surface area contributed by atoms with Gasteiger partial charge in [-0.1, -0.05) is 11.8 Å². The van der Waals surface area contributed by atoms with Gasteiger partial charge >= 0.3 is 5.69 Å². The number of aromatic nitrogens is 2. The van der Waals surface area contributed by atoms with Gasteiger partial charge in [-0.15, -0.1) is 0 Å². The van der Waals surface area contributed by atoms with E-state index in [1.54, 1.807) is 7.05 Å². The largest absolute Gasteiger partial charge is 0.367 e. The van der Waals surface area contributed by atoms with E-state index in [0.717, 1.165) is 11.8 Å². The van der Waals surface area contributed by atoms with Crippen LogP contribution in [0.1, 0.15) is 0 Å². The number of halogens is 1. The number of hydrogen-bond acceptors (Lipinski definition) is 6. The molecule has 0 saturated heterocycles. The van der Waals surface area contributed by atoms with Crippen LogP contribution in [-0.2, 0) is 0 Å². The molecule has 98 valence electrons. The predicted octanol–water partition coefficient (Wildman–Crippen LogP) is 2.72. The Balaban J connectivity index is 2.39. The molecule has 6 nitrogen and oxygen atoms in total. The Morgan fingerprint density at radius 2 is 2.00 bits per heavy atom. The summed E-state index contributed by atoms with van der Waals surface area (Å²) in [6.07, 6.45) is 1.24. The molecule has 8 heteroatoms. The van der Waals surface area contributed by atoms with Gasteiger partial charge in [0.2, 0.25) is 5.82 Å². The molecule has 0 bridgehead atoms. The predicted molar refractivity (Wildman–Crippen MR) is 68.8 cm³/mol. The molecule has 0 fully saturated rings. The lowest BCUT2D eigenvalue weighted by Crippen LogP contribution is -2.02. The van der Waals surface area contributed by atoms with Crippen LogP contribution in [0.2, 0.25) is 0 Å². The first kappa shape index (κ1) is 13.2. The van der Waals surface area contributed by atoms with Crippen LogP contribution in [0.25, 0.3) is 0 Å². The molecule has 2 aromatic rings. The number of benzene rings is 1. The second-order valence-corrected chi connectivity index (χ2v) is 4.50. The van der Waals surface area contributed by atoms with Crippen LogP contribution in [0, 0.1) is 15.9 Å². The third-order valence-electron chi connectivity index (χ3n) is 2.24. The topological polar surface area (TPSA) is 81.0 Å². The normalized spacial score (nSPS) is 10.2. The molecular formula is C11H9FN4O2S. The molecule has 0 saturated carbocycles. The fourth-order valence-corrected chi connectivity index (χ4v) is 2.26. The molecule has 2 rings (SSSR count). The third-order valence-corrected chi connectivity index (χ3v) is 3.24. The fourth-order valence-electron chi connectivity index (χ4n) is 1.40. The Morgan fingerprint density at radius 1 is 1.32 bits per heavy atom. The highest BCUT2D eigenvalue weighted by atomic mass is 32.2. The van der Waals surface area contributed by atoms with Gasteiger partial charge < -0.3 is 5.32 Å². The van der Waals surface area contributed by atoms with Gasteiger partial charge in [0.25, 0.3) is 0 Å². The van der Waals surface area contributed by atoms with Crippen molar-refractivity contribution in [2.45, 2.75) is 9.92 Å². The third kappa shape index (κ3) is 2.97. The Labute approximate surface area is 112 Å². The van der Waals surface area contributed by atoms with Crippen molar-refractivity contribution in [3.05, 3.63) is 46.5 Å². The molecule has 1 N–H and O–H groups in total. The van der Waals surface area contributed by atoms with E-state index in [1.807, 2.05) is 0 Å². The van der Waals surface area contributed by atoms with Crippen LogP contribution < -0.4 is 5.32 Å². The summed E-state index contributed by atoms with van der Waals surface area (Å²) < 4.78 is 12.8. The molecule has 1 heterocycles. The first-order valence-electron chi connectivity index (χ1n) is 5.22. The van der Waals surface area contributed by atoms with Gasteiger partial charge in [0.1, 0.15) is 12.1 Å². The standard InChI is InChI=1S/C11H9FN4O2S/c1-13-10-9(16(17)18)11(15-6-14-10)19-8-4-2-7(12)3-5-8/h2-6H,1H3,(H,13,14,15). The highest BCUT2D eigenvalue weighted by Gasteiger charge is 2.22. The minimum atomic E-state index is -0.544. The van der Waals surface area contributed by atoms with Crippen LogP contribution in [0.5, 0.6) is 0 Å². The SMILES string of the molecule is CNc1ncnc(Sc2ccc(F)cc2)c1[N+](=O)[O-]. The van der Waals surface area contributed by atoms with Crippen LogP contribution in [0.4, 0.5) is 15.9 Å². The van der Waals surface area contributed by atoms with Gasteiger partial charge in [0.05, 0.1) is 4.92 Å². The zero-order valence-electron chi connectivity index (χ0n) is 9.83. The van der Waals surface area contributed by atoms with Gasteiger partial charge in [-0.2, -0.15) is 0 Å². The highest BCUT2D eigenvalue weighted by Crippen LogP contribution is 2.36. The number of hydrogen-bond donors (Lipinski definition) is 1. The summed E-state index contributed by atoms with van der Waals surface area (Å²) in [7, 11) is 1.54. The summed E-state index contributed by atoms with van der Waals surface area (Å²) >= 11 is 1.08. The number of anilines is 1. The van der Waals surface area contributed by atoms with Crippen LogP contribution in [0.15, 0.2) is 40.5 Å². The molecule has 0 spiro atoms. The maximum Gasteiger partial charge on any atom is 0.343 e. The van der Waals surface area contributed by atoms with E-state index >= 15 is 0 Å². The molecule has 0 atom stereocenters. The van der Waals surface area contributed by atoms with Crippen molar-refractivity contribution in [2.75, 3.05) is 12.4 Å². The van der Waals surface area contributed by atoms with Crippen LogP contribution in [-0.4, -0.2) is 21.9 Å². The van der Waals surface area contributed by atoms with Crippen LogP contribution in [0.3, 0.4) is 0 Å². The van der Waals surface area contributed by atoms with Gasteiger partial charge in [0.15, 0.2) is 5.03 Å². The fraction of sp³-hybridized carbons (Fsp3) is 0.0909. The molecule has 0 aliphatic carbocycles. The number of nitro groups is 1. The van der Waals surface area contributed by atoms with E-state index in [4.69, 9.17) is 0 Å². The molecular weight excluding hydrogens is 271 g/mol. The van der Waals surface area contributed by atoms with E-state index in [9.17, 15) is 14.5 Å². The minimum Gasteiger partial charge on any atom is -0.367 e. The van der Waals surface area contributed by atoms with E-state index in [1.165, 1.54) is 30.6 Å². The maximum absolute atomic E-state index is 12.8. The summed E-state index contributed by atoms with van der Waals surface area (Å²) in [5.41, 5.74) is -0.195. The van der Waals surface area contributed by atoms with Crippen molar-refractivity contribution in [1.82, 2.24) is 9.97 Å². The molecule has 0 aliphatic rings. The number of nitrogens with zero attached hydrogens (tertiary/aromatic N) is 3. The molecule has 1 aromatic heterocycles. The molecule has 0 radical (unpaired) electrons. The lowest BCUT2D eigenvalue weighted by molar-refractivity contribution is -0.387. The Bertz CT molecular complexity index is 606. The minimum absolute atomic E-state index is 0.143. The zero-order valence-corrected chi connectivity index (χ0v) is 10.6. The first-order valence-corrected chi connectivity index (χ1v) is 6.04. The van der Waals surface area contributed by atoms with E-state index < -0.39 is 4.92 Å². The molecule has 19 heavy (non-hydrogen) atoms. The Kier molecular flexibility index (Phi) is 3.91. The molecule has 1 aromatic carbocycles. The van der Waals surface area contributed by atoms with Gasteiger partial charge in [-0.3, -0.25) is 10.1 Å². The first-order chi connectivity index (χ1) is 9.11. The van der Waals surface area contributed by atoms with Crippen molar-refractivity contribution in [3.63, 3.8) is 0 Å². The summed E-state index contributed by atoms with van der Waals surface area (Å²) in [5.74, 6) is -0.220. The summed E-state index contributed by atoms with van der Waals surface area (Å²) in [5, 5.41) is 13.9. The number of rotatable bonds is 4. The Morgan fingerprint density at radius 3 is 2.58 bits per heavy atom. The van der Waals surface area contributed by atoms with Crippen molar-refractivity contribution >= 4 is 23.3 Å². The monoisotopic (exact) mass is 280 g/mol. The van der Waals surface area contributed by atoms with E-state index in [2.05, 4.69) is 15.3 Å². The summed E-state index contributed by atoms with van der Waals surface area (Å²) in [6, 6.07) is 5.64. The van der Waals surface area contributed by atoms with Gasteiger partial charge in [0, 0.05) is 11.9 Å². The summed E-state index contributed by atoms with van der Waals surface area (Å²) in [6.45, 7) is 0. The smallest absolute Gasteiger partial charge is 0.343 e. The van der Waals surface area contributed by atoms with Crippen molar-refractivity contribution in [2.24, 2.45) is 0 Å². The molecule has 0 unspecified atom stereocenters. The Hall–Kier alpha value is -2.22. The highest BCUT2D eigenvalue weighted by molar-refractivity contribution is 7.99. The van der Waals surface area contributed by atoms with Gasteiger partial charge in [-0.05, 0) is 24.3 Å². The zero-order chi connectivity index (χ0) is 13.8. The maximum atomic E-state index is 12.8. The second-order valence-electron chi connectivity index (χ2n) is 3.44. The van der Waals surface area contributed by atoms with Crippen molar-refractivity contribution < 1.29 is 9.31 Å². The lowest BCUT2D eigenvalue weighted by Gasteiger charge is -2.05. The summed E-state index contributed by atoms with van der Waals surface area (Å²) in [4.78, 5) is 18.9. The van der Waals surface area contributed by atoms with Crippen molar-refractivity contribution in [3.8, 4) is 0 Å². The lowest BCUT2D eigenvalue weighted by atomic mass is 10.4. The van der Waals surface area contributed by atoms with E-state index in [-0.39, 0.29) is 22.3 Å².